The number of hydrogen-bond donors (Lipinski definition) is 2. The molecule has 0 radical (unpaired) electrons. The highest BCUT2D eigenvalue weighted by Gasteiger charge is 2.22. The Kier molecular flexibility index (Phi) is 10.8. The Balaban J connectivity index is 0.000000481. The zero-order chi connectivity index (χ0) is 24.2. The van der Waals surface area contributed by atoms with E-state index in [9.17, 15) is 0 Å². The highest BCUT2D eigenvalue weighted by atomic mass is 16.5. The average Bonchev–Trinajstić information content (AvgIpc) is 3.36. The summed E-state index contributed by atoms with van der Waals surface area (Å²) in [6, 6.07) is 15.4. The average molecular weight is 474 g/mol. The molecule has 0 aromatic heterocycles. The predicted octanol–water partition coefficient (Wildman–Crippen LogP) is 3.07. The first kappa shape index (κ1) is 26.1. The van der Waals surface area contributed by atoms with Gasteiger partial charge in [0.25, 0.3) is 0 Å². The van der Waals surface area contributed by atoms with Gasteiger partial charge in [-0.15, -0.1) is 0 Å². The van der Waals surface area contributed by atoms with E-state index in [0.29, 0.717) is 12.0 Å². The van der Waals surface area contributed by atoms with Gasteiger partial charge in [0.15, 0.2) is 0 Å². The van der Waals surface area contributed by atoms with Crippen molar-refractivity contribution in [3.05, 3.63) is 48.0 Å². The van der Waals surface area contributed by atoms with Crippen molar-refractivity contribution in [2.75, 3.05) is 52.7 Å². The molecular weight excluding hydrogens is 438 g/mol. The van der Waals surface area contributed by atoms with Crippen LogP contribution in [-0.2, 0) is 30.2 Å². The van der Waals surface area contributed by atoms with Gasteiger partial charge >= 0.3 is 11.9 Å². The molecule has 186 valence electrons. The number of aliphatic carboxylic acids is 2. The minimum Gasteiger partial charge on any atom is -0.473 e. The minimum atomic E-state index is -1.82. The van der Waals surface area contributed by atoms with Crippen LogP contribution in [0, 0.1) is 5.92 Å². The Morgan fingerprint density at radius 1 is 1.03 bits per heavy atom. The SMILES string of the molecule is O=C(O)C(=O)O.c1ccc2c(CC(COCCN3CCOCC3)CC3CCCO3)cccc2c1. The number of hydrogen-bond acceptors (Lipinski definition) is 6. The molecule has 2 aliphatic rings. The van der Waals surface area contributed by atoms with E-state index >= 15 is 0 Å². The summed E-state index contributed by atoms with van der Waals surface area (Å²) < 4.78 is 17.5. The summed E-state index contributed by atoms with van der Waals surface area (Å²) in [7, 11) is 0. The van der Waals surface area contributed by atoms with E-state index in [4.69, 9.17) is 34.0 Å². The summed E-state index contributed by atoms with van der Waals surface area (Å²) in [6.45, 7) is 7.29. The Morgan fingerprint density at radius 2 is 1.76 bits per heavy atom. The maximum Gasteiger partial charge on any atom is 0.414 e. The van der Waals surface area contributed by atoms with Crippen LogP contribution in [-0.4, -0.2) is 85.8 Å². The molecule has 0 aliphatic carbocycles. The molecule has 2 fully saturated rings. The molecule has 2 saturated heterocycles. The van der Waals surface area contributed by atoms with Crippen molar-refractivity contribution in [3.8, 4) is 0 Å². The van der Waals surface area contributed by atoms with Crippen LogP contribution in [0.5, 0.6) is 0 Å². The maximum absolute atomic E-state index is 9.10. The van der Waals surface area contributed by atoms with Crippen molar-refractivity contribution in [2.45, 2.75) is 31.8 Å². The largest absolute Gasteiger partial charge is 0.473 e. The van der Waals surface area contributed by atoms with Crippen LogP contribution in [0.3, 0.4) is 0 Å². The molecule has 0 amide bonds. The maximum atomic E-state index is 9.10. The lowest BCUT2D eigenvalue weighted by Crippen LogP contribution is -2.38. The second-order valence-corrected chi connectivity index (χ2v) is 8.72. The number of morpholine rings is 1. The number of carboxylic acid groups (broad SMARTS) is 2. The lowest BCUT2D eigenvalue weighted by molar-refractivity contribution is -0.159. The topological polar surface area (TPSA) is 106 Å². The summed E-state index contributed by atoms with van der Waals surface area (Å²) >= 11 is 0. The summed E-state index contributed by atoms with van der Waals surface area (Å²) in [5.41, 5.74) is 1.43. The molecule has 2 atom stereocenters. The molecule has 0 bridgehead atoms. The standard InChI is InChI=1S/C24H33NO3.C2H2O4/c1-2-9-24-21(5-1)6-3-7-22(24)17-20(18-23-8-4-13-28-23)19-27-16-12-25-10-14-26-15-11-25;3-1(4)2(5)6/h1-3,5-7,9,20,23H,4,8,10-19H2;(H,3,4)(H,5,6). The van der Waals surface area contributed by atoms with Gasteiger partial charge in [0.1, 0.15) is 0 Å². The van der Waals surface area contributed by atoms with Crippen LogP contribution in [0.1, 0.15) is 24.8 Å². The summed E-state index contributed by atoms with van der Waals surface area (Å²) in [5.74, 6) is -3.15. The number of fused-ring (bicyclic) bond motifs is 1. The second-order valence-electron chi connectivity index (χ2n) is 8.72. The second kappa shape index (κ2) is 14.0. The van der Waals surface area contributed by atoms with Gasteiger partial charge in [0.05, 0.1) is 25.9 Å². The Labute approximate surface area is 200 Å². The van der Waals surface area contributed by atoms with E-state index in [1.807, 2.05) is 0 Å². The van der Waals surface area contributed by atoms with Crippen LogP contribution in [0.2, 0.25) is 0 Å². The molecule has 0 spiro atoms. The first-order valence-electron chi connectivity index (χ1n) is 11.9. The predicted molar refractivity (Wildman–Crippen MR) is 128 cm³/mol. The van der Waals surface area contributed by atoms with Crippen molar-refractivity contribution in [2.24, 2.45) is 5.92 Å². The van der Waals surface area contributed by atoms with Crippen LogP contribution in [0.15, 0.2) is 42.5 Å². The Bertz CT molecular complexity index is 890. The smallest absolute Gasteiger partial charge is 0.414 e. The van der Waals surface area contributed by atoms with Crippen molar-refractivity contribution in [1.29, 1.82) is 0 Å². The zero-order valence-electron chi connectivity index (χ0n) is 19.6. The minimum absolute atomic E-state index is 0.405. The van der Waals surface area contributed by atoms with Crippen LogP contribution < -0.4 is 0 Å². The van der Waals surface area contributed by atoms with Crippen LogP contribution >= 0.6 is 0 Å². The number of ether oxygens (including phenoxy) is 3. The normalized spacial score (nSPS) is 19.4. The monoisotopic (exact) mass is 473 g/mol. The van der Waals surface area contributed by atoms with Gasteiger partial charge in [-0.05, 0) is 47.9 Å². The van der Waals surface area contributed by atoms with Gasteiger partial charge in [0, 0.05) is 32.8 Å². The molecule has 8 heteroatoms. The van der Waals surface area contributed by atoms with Gasteiger partial charge in [-0.3, -0.25) is 4.90 Å². The third-order valence-corrected chi connectivity index (χ3v) is 6.20. The van der Waals surface area contributed by atoms with Crippen molar-refractivity contribution in [3.63, 3.8) is 0 Å². The first-order valence-corrected chi connectivity index (χ1v) is 11.9. The number of benzene rings is 2. The van der Waals surface area contributed by atoms with E-state index in [1.165, 1.54) is 29.2 Å². The lowest BCUT2D eigenvalue weighted by Gasteiger charge is -2.27. The Hall–Kier alpha value is -2.52. The Morgan fingerprint density at radius 3 is 2.47 bits per heavy atom. The highest BCUT2D eigenvalue weighted by Crippen LogP contribution is 2.26. The molecule has 2 aromatic rings. The number of carbonyl (C=O) groups is 2. The molecule has 2 aromatic carbocycles. The fraction of sp³-hybridized carbons (Fsp3) is 0.538. The summed E-state index contributed by atoms with van der Waals surface area (Å²) in [5, 5.41) is 17.5. The number of carboxylic acids is 2. The molecule has 2 heterocycles. The van der Waals surface area contributed by atoms with Crippen molar-refractivity contribution >= 4 is 22.7 Å². The third-order valence-electron chi connectivity index (χ3n) is 6.20. The van der Waals surface area contributed by atoms with E-state index in [0.717, 1.165) is 65.5 Å². The van der Waals surface area contributed by atoms with E-state index in [1.54, 1.807) is 0 Å². The summed E-state index contributed by atoms with van der Waals surface area (Å²) in [4.78, 5) is 20.6. The molecule has 34 heavy (non-hydrogen) atoms. The number of nitrogens with zero attached hydrogens (tertiary/aromatic N) is 1. The fourth-order valence-electron chi connectivity index (χ4n) is 4.46. The van der Waals surface area contributed by atoms with Gasteiger partial charge in [-0.25, -0.2) is 9.59 Å². The quantitative estimate of drug-likeness (QED) is 0.423. The van der Waals surface area contributed by atoms with E-state index in [2.05, 4.69) is 47.4 Å². The van der Waals surface area contributed by atoms with Gasteiger partial charge in [0.2, 0.25) is 0 Å². The van der Waals surface area contributed by atoms with E-state index < -0.39 is 11.9 Å². The van der Waals surface area contributed by atoms with Crippen molar-refractivity contribution < 1.29 is 34.0 Å². The van der Waals surface area contributed by atoms with Crippen LogP contribution in [0.25, 0.3) is 10.8 Å². The zero-order valence-corrected chi connectivity index (χ0v) is 19.6. The van der Waals surface area contributed by atoms with Gasteiger partial charge in [-0.1, -0.05) is 42.5 Å². The molecule has 8 nitrogen and oxygen atoms in total. The first-order chi connectivity index (χ1) is 16.5. The third kappa shape index (κ3) is 8.68. The highest BCUT2D eigenvalue weighted by molar-refractivity contribution is 6.27. The molecule has 2 unspecified atom stereocenters. The van der Waals surface area contributed by atoms with Gasteiger partial charge in [-0.2, -0.15) is 0 Å². The van der Waals surface area contributed by atoms with Crippen LogP contribution in [0.4, 0.5) is 0 Å². The lowest BCUT2D eigenvalue weighted by atomic mass is 9.91. The molecular formula is C26H35NO7. The molecule has 4 rings (SSSR count). The molecule has 2 N–H and O–H groups in total. The fourth-order valence-corrected chi connectivity index (χ4v) is 4.46. The molecule has 2 aliphatic heterocycles. The van der Waals surface area contributed by atoms with E-state index in [-0.39, 0.29) is 0 Å². The number of rotatable bonds is 9. The summed E-state index contributed by atoms with van der Waals surface area (Å²) in [6.07, 6.45) is 4.95. The molecule has 0 saturated carbocycles. The van der Waals surface area contributed by atoms with Crippen molar-refractivity contribution in [1.82, 2.24) is 4.90 Å². The van der Waals surface area contributed by atoms with Gasteiger partial charge < -0.3 is 24.4 Å².